The van der Waals surface area contributed by atoms with E-state index in [4.69, 9.17) is 4.74 Å². The molecule has 1 aromatic carbocycles. The molecule has 0 spiro atoms. The maximum Gasteiger partial charge on any atom is 0.340 e. The fourth-order valence-corrected chi connectivity index (χ4v) is 3.28. The average Bonchev–Trinajstić information content (AvgIpc) is 3.03. The first-order valence-corrected chi connectivity index (χ1v) is 9.94. The molecule has 0 radical (unpaired) electrons. The third-order valence-corrected chi connectivity index (χ3v) is 4.76. The van der Waals surface area contributed by atoms with E-state index in [-0.39, 0.29) is 29.5 Å². The summed E-state index contributed by atoms with van der Waals surface area (Å²) in [7, 11) is 0. The summed E-state index contributed by atoms with van der Waals surface area (Å²) < 4.78 is 5.03. The number of hydrogen-bond acceptors (Lipinski definition) is 5. The third-order valence-electron chi connectivity index (χ3n) is 4.76. The lowest BCUT2D eigenvalue weighted by Crippen LogP contribution is -2.32. The van der Waals surface area contributed by atoms with Gasteiger partial charge < -0.3 is 15.0 Å². The smallest absolute Gasteiger partial charge is 0.340 e. The van der Waals surface area contributed by atoms with Gasteiger partial charge in [0, 0.05) is 13.1 Å². The summed E-state index contributed by atoms with van der Waals surface area (Å²) in [5.41, 5.74) is 0.962. The van der Waals surface area contributed by atoms with Crippen molar-refractivity contribution in [3.63, 3.8) is 0 Å². The Morgan fingerprint density at radius 2 is 1.66 bits per heavy atom. The van der Waals surface area contributed by atoms with E-state index in [0.717, 1.165) is 25.7 Å². The van der Waals surface area contributed by atoms with E-state index in [1.165, 1.54) is 0 Å². The number of nitrogens with zero attached hydrogens (tertiary/aromatic N) is 2. The minimum absolute atomic E-state index is 0.115. The minimum atomic E-state index is -0.513. The lowest BCUT2D eigenvalue weighted by atomic mass is 10.1. The Kier molecular flexibility index (Phi) is 6.94. The molecule has 2 heterocycles. The average molecular weight is 395 g/mol. The van der Waals surface area contributed by atoms with Crippen molar-refractivity contribution >= 4 is 23.5 Å². The molecule has 0 bridgehead atoms. The van der Waals surface area contributed by atoms with Crippen LogP contribution < -0.4 is 5.32 Å². The summed E-state index contributed by atoms with van der Waals surface area (Å²) in [5, 5.41) is 2.69. The van der Waals surface area contributed by atoms with Crippen LogP contribution in [0.25, 0.3) is 0 Å². The number of amides is 2. The van der Waals surface area contributed by atoms with E-state index in [1.54, 1.807) is 54.3 Å². The number of rotatable bonds is 5. The largest absolute Gasteiger partial charge is 0.462 e. The van der Waals surface area contributed by atoms with Gasteiger partial charge in [-0.3, -0.25) is 9.59 Å². The van der Waals surface area contributed by atoms with Crippen LogP contribution in [0.5, 0.6) is 0 Å². The van der Waals surface area contributed by atoms with Gasteiger partial charge in [-0.15, -0.1) is 0 Å². The van der Waals surface area contributed by atoms with E-state index in [2.05, 4.69) is 10.3 Å². The molecule has 3 rings (SSSR count). The highest BCUT2D eigenvalue weighted by molar-refractivity contribution is 6.07. The zero-order valence-electron chi connectivity index (χ0n) is 16.5. The van der Waals surface area contributed by atoms with Crippen LogP contribution in [0, 0.1) is 0 Å². The van der Waals surface area contributed by atoms with Crippen molar-refractivity contribution in [1.82, 2.24) is 9.88 Å². The molecule has 152 valence electrons. The normalized spacial score (nSPS) is 14.0. The van der Waals surface area contributed by atoms with Gasteiger partial charge in [-0.05, 0) is 44.0 Å². The number of aromatic nitrogens is 1. The zero-order valence-corrected chi connectivity index (χ0v) is 16.5. The number of nitrogens with one attached hydrogen (secondary N) is 1. The Morgan fingerprint density at radius 1 is 0.966 bits per heavy atom. The van der Waals surface area contributed by atoms with Gasteiger partial charge in [0.05, 0.1) is 17.9 Å². The lowest BCUT2D eigenvalue weighted by Gasteiger charge is -2.19. The molecule has 0 unspecified atom stereocenters. The Labute approximate surface area is 170 Å². The first kappa shape index (κ1) is 20.5. The molecule has 0 saturated carbocycles. The maximum atomic E-state index is 12.8. The van der Waals surface area contributed by atoms with Crippen molar-refractivity contribution in [1.29, 1.82) is 0 Å². The van der Waals surface area contributed by atoms with Crippen LogP contribution >= 0.6 is 0 Å². The molecular formula is C22H25N3O4. The van der Waals surface area contributed by atoms with E-state index in [9.17, 15) is 14.4 Å². The standard InChI is InChI=1S/C22H25N3O4/c1-2-29-22(28)16-10-5-6-11-17(16)24-20(26)18-12-9-13-19(23-18)21(27)25-14-7-3-4-8-15-25/h5-6,9-13H,2-4,7-8,14-15H2,1H3,(H,24,26). The second-order valence-corrected chi connectivity index (χ2v) is 6.83. The number of anilines is 1. The van der Waals surface area contributed by atoms with E-state index in [0.29, 0.717) is 18.8 Å². The highest BCUT2D eigenvalue weighted by Crippen LogP contribution is 2.18. The van der Waals surface area contributed by atoms with E-state index < -0.39 is 11.9 Å². The Bertz CT molecular complexity index is 889. The van der Waals surface area contributed by atoms with Gasteiger partial charge in [0.25, 0.3) is 11.8 Å². The van der Waals surface area contributed by atoms with Gasteiger partial charge in [-0.2, -0.15) is 0 Å². The van der Waals surface area contributed by atoms with Crippen molar-refractivity contribution < 1.29 is 19.1 Å². The molecular weight excluding hydrogens is 370 g/mol. The van der Waals surface area contributed by atoms with E-state index >= 15 is 0 Å². The second kappa shape index (κ2) is 9.82. The molecule has 2 amide bonds. The number of para-hydroxylation sites is 1. The summed E-state index contributed by atoms with van der Waals surface area (Å²) >= 11 is 0. The summed E-state index contributed by atoms with van der Waals surface area (Å²) in [5.74, 6) is -1.16. The number of benzene rings is 1. The van der Waals surface area contributed by atoms with Gasteiger partial charge >= 0.3 is 5.97 Å². The maximum absolute atomic E-state index is 12.8. The quantitative estimate of drug-likeness (QED) is 0.783. The van der Waals surface area contributed by atoms with Crippen LogP contribution in [-0.4, -0.2) is 47.4 Å². The highest BCUT2D eigenvalue weighted by atomic mass is 16.5. The topological polar surface area (TPSA) is 88.6 Å². The summed E-state index contributed by atoms with van der Waals surface area (Å²) in [6, 6.07) is 11.4. The molecule has 0 aliphatic carbocycles. The number of carbonyl (C=O) groups excluding carboxylic acids is 3. The van der Waals surface area contributed by atoms with Gasteiger partial charge in [-0.25, -0.2) is 9.78 Å². The molecule has 7 nitrogen and oxygen atoms in total. The summed E-state index contributed by atoms with van der Waals surface area (Å²) in [6.45, 7) is 3.38. The molecule has 1 fully saturated rings. The lowest BCUT2D eigenvalue weighted by molar-refractivity contribution is 0.0527. The second-order valence-electron chi connectivity index (χ2n) is 6.83. The number of hydrogen-bond donors (Lipinski definition) is 1. The predicted molar refractivity (Wildman–Crippen MR) is 109 cm³/mol. The van der Waals surface area contributed by atoms with Crippen molar-refractivity contribution in [2.75, 3.05) is 25.0 Å². The number of ether oxygens (including phenoxy) is 1. The Hall–Kier alpha value is -3.22. The minimum Gasteiger partial charge on any atom is -0.462 e. The monoisotopic (exact) mass is 395 g/mol. The van der Waals surface area contributed by atoms with Crippen molar-refractivity contribution in [2.24, 2.45) is 0 Å². The number of likely N-dealkylation sites (tertiary alicyclic amines) is 1. The van der Waals surface area contributed by atoms with Gasteiger partial charge in [-0.1, -0.05) is 31.0 Å². The van der Waals surface area contributed by atoms with Crippen LogP contribution in [-0.2, 0) is 4.74 Å². The van der Waals surface area contributed by atoms with Gasteiger partial charge in [0.15, 0.2) is 0 Å². The number of carbonyl (C=O) groups is 3. The summed E-state index contributed by atoms with van der Waals surface area (Å²) in [6.07, 6.45) is 4.21. The van der Waals surface area contributed by atoms with Crippen molar-refractivity contribution in [3.05, 3.63) is 59.4 Å². The molecule has 2 aromatic rings. The first-order valence-electron chi connectivity index (χ1n) is 9.94. The fourth-order valence-electron chi connectivity index (χ4n) is 3.28. The highest BCUT2D eigenvalue weighted by Gasteiger charge is 2.20. The fraction of sp³-hybridized carbons (Fsp3) is 0.364. The zero-order chi connectivity index (χ0) is 20.6. The Balaban J connectivity index is 1.76. The Morgan fingerprint density at radius 3 is 2.38 bits per heavy atom. The van der Waals surface area contributed by atoms with Crippen LogP contribution in [0.1, 0.15) is 63.9 Å². The van der Waals surface area contributed by atoms with Crippen molar-refractivity contribution in [3.8, 4) is 0 Å². The summed E-state index contributed by atoms with van der Waals surface area (Å²) in [4.78, 5) is 43.6. The van der Waals surface area contributed by atoms with Crippen molar-refractivity contribution in [2.45, 2.75) is 32.6 Å². The van der Waals surface area contributed by atoms with Gasteiger partial charge in [0.1, 0.15) is 11.4 Å². The molecule has 1 saturated heterocycles. The van der Waals surface area contributed by atoms with Crippen LogP contribution in [0.15, 0.2) is 42.5 Å². The third kappa shape index (κ3) is 5.19. The van der Waals surface area contributed by atoms with Crippen LogP contribution in [0.2, 0.25) is 0 Å². The van der Waals surface area contributed by atoms with Gasteiger partial charge in [0.2, 0.25) is 0 Å². The molecule has 1 aromatic heterocycles. The first-order chi connectivity index (χ1) is 14.1. The molecule has 7 heteroatoms. The molecule has 1 aliphatic heterocycles. The number of esters is 1. The molecule has 0 atom stereocenters. The van der Waals surface area contributed by atoms with Crippen LogP contribution in [0.3, 0.4) is 0 Å². The van der Waals surface area contributed by atoms with E-state index in [1.807, 2.05) is 0 Å². The van der Waals surface area contributed by atoms with Crippen LogP contribution in [0.4, 0.5) is 5.69 Å². The molecule has 1 aliphatic rings. The predicted octanol–water partition coefficient (Wildman–Crippen LogP) is 3.53. The molecule has 1 N–H and O–H groups in total. The SMILES string of the molecule is CCOC(=O)c1ccccc1NC(=O)c1cccc(C(=O)N2CCCCCC2)n1. The number of pyridine rings is 1. The molecule has 29 heavy (non-hydrogen) atoms.